The van der Waals surface area contributed by atoms with Gasteiger partial charge in [0, 0.05) is 25.7 Å². The number of hydrogen-bond acceptors (Lipinski definition) is 7. The molecule has 11 heteroatoms. The van der Waals surface area contributed by atoms with Gasteiger partial charge in [0.1, 0.15) is 6.04 Å². The number of fused-ring (bicyclic) bond motifs is 1. The van der Waals surface area contributed by atoms with Gasteiger partial charge in [0.05, 0.1) is 21.6 Å². The summed E-state index contributed by atoms with van der Waals surface area (Å²) in [6, 6.07) is 7.68. The first-order valence-electron chi connectivity index (χ1n) is 9.91. The van der Waals surface area contributed by atoms with Crippen LogP contribution in [0, 0.1) is 0 Å². The molecule has 1 aliphatic rings. The molecular weight excluding hydrogens is 436 g/mol. The van der Waals surface area contributed by atoms with Crippen molar-refractivity contribution < 1.29 is 29.4 Å². The van der Waals surface area contributed by atoms with Gasteiger partial charge < -0.3 is 31.1 Å². The van der Waals surface area contributed by atoms with Crippen LogP contribution in [0.2, 0.25) is 0 Å². The van der Waals surface area contributed by atoms with Gasteiger partial charge in [-0.2, -0.15) is 0 Å². The Morgan fingerprint density at radius 3 is 2.62 bits per heavy atom. The molecule has 0 spiro atoms. The highest BCUT2D eigenvalue weighted by molar-refractivity contribution is 7.18. The number of hydrogen-bond donors (Lipinski definition) is 5. The standard InChI is InChI=1S/C21H24N4O6S/c1-11-22-14-4-3-12(9-13(14)19(28)23-11)10-25(2)17-7-6-16(32-17)20(29)24-15(21(30)31)5-8-18(26)27/h3-4,6-7,9,11,15,22H,5,8,10H2,1-2H3,(H,23,28)(H,24,29)(H,26,27)(H,30,31)/t11?,15-/m0/s1. The summed E-state index contributed by atoms with van der Waals surface area (Å²) < 4.78 is 0. The molecule has 10 nitrogen and oxygen atoms in total. The summed E-state index contributed by atoms with van der Waals surface area (Å²) in [6.45, 7) is 2.35. The Morgan fingerprint density at radius 1 is 1.19 bits per heavy atom. The average Bonchev–Trinajstić information content (AvgIpc) is 3.21. The van der Waals surface area contributed by atoms with E-state index in [0.29, 0.717) is 17.0 Å². The van der Waals surface area contributed by atoms with Crippen LogP contribution < -0.4 is 20.9 Å². The summed E-state index contributed by atoms with van der Waals surface area (Å²) in [4.78, 5) is 48.9. The molecule has 2 amide bonds. The number of nitrogens with zero attached hydrogens (tertiary/aromatic N) is 1. The number of nitrogens with one attached hydrogen (secondary N) is 3. The van der Waals surface area contributed by atoms with Crippen molar-refractivity contribution in [2.24, 2.45) is 0 Å². The molecule has 170 valence electrons. The van der Waals surface area contributed by atoms with Gasteiger partial charge in [0.25, 0.3) is 11.8 Å². The van der Waals surface area contributed by atoms with Crippen molar-refractivity contribution in [1.82, 2.24) is 10.6 Å². The molecule has 0 saturated heterocycles. The second-order valence-electron chi connectivity index (χ2n) is 7.51. The maximum atomic E-state index is 12.4. The Morgan fingerprint density at radius 2 is 1.94 bits per heavy atom. The highest BCUT2D eigenvalue weighted by Crippen LogP contribution is 2.28. The van der Waals surface area contributed by atoms with Crippen molar-refractivity contribution in [2.75, 3.05) is 17.3 Å². The van der Waals surface area contributed by atoms with Crippen LogP contribution in [0.15, 0.2) is 30.3 Å². The lowest BCUT2D eigenvalue weighted by Crippen LogP contribution is -2.42. The summed E-state index contributed by atoms with van der Waals surface area (Å²) in [7, 11) is 1.85. The van der Waals surface area contributed by atoms with E-state index in [4.69, 9.17) is 5.11 Å². The molecule has 0 fully saturated rings. The Kier molecular flexibility index (Phi) is 6.98. The zero-order chi connectivity index (χ0) is 23.4. The molecule has 1 aliphatic heterocycles. The number of carboxylic acids is 2. The lowest BCUT2D eigenvalue weighted by Gasteiger charge is -2.26. The van der Waals surface area contributed by atoms with Crippen LogP contribution in [0.3, 0.4) is 0 Å². The minimum atomic E-state index is -1.28. The minimum Gasteiger partial charge on any atom is -0.481 e. The number of anilines is 2. The van der Waals surface area contributed by atoms with E-state index in [0.717, 1.165) is 16.3 Å². The Bertz CT molecular complexity index is 1050. The number of benzene rings is 1. The predicted molar refractivity (Wildman–Crippen MR) is 119 cm³/mol. The van der Waals surface area contributed by atoms with Crippen molar-refractivity contribution in [1.29, 1.82) is 0 Å². The number of thiophene rings is 1. The lowest BCUT2D eigenvalue weighted by atomic mass is 10.1. The Labute approximate surface area is 188 Å². The number of aliphatic carboxylic acids is 2. The number of carbonyl (C=O) groups is 4. The topological polar surface area (TPSA) is 148 Å². The summed E-state index contributed by atoms with van der Waals surface area (Å²) in [6.07, 6.45) is -0.694. The third kappa shape index (κ3) is 5.55. The number of rotatable bonds is 9. The molecule has 0 radical (unpaired) electrons. The van der Waals surface area contributed by atoms with Gasteiger partial charge in [-0.25, -0.2) is 4.79 Å². The van der Waals surface area contributed by atoms with Crippen molar-refractivity contribution in [3.63, 3.8) is 0 Å². The largest absolute Gasteiger partial charge is 0.481 e. The van der Waals surface area contributed by atoms with Crippen LogP contribution in [0.4, 0.5) is 10.7 Å². The van der Waals surface area contributed by atoms with Crippen LogP contribution in [-0.4, -0.2) is 53.2 Å². The second-order valence-corrected chi connectivity index (χ2v) is 8.57. The summed E-state index contributed by atoms with van der Waals surface area (Å²) in [5.74, 6) is -3.12. The number of amides is 2. The van der Waals surface area contributed by atoms with Crippen LogP contribution in [0.5, 0.6) is 0 Å². The zero-order valence-electron chi connectivity index (χ0n) is 17.5. The van der Waals surface area contributed by atoms with E-state index >= 15 is 0 Å². The highest BCUT2D eigenvalue weighted by Gasteiger charge is 2.23. The normalized spacial score (nSPS) is 15.7. The third-order valence-electron chi connectivity index (χ3n) is 4.91. The lowest BCUT2D eigenvalue weighted by molar-refractivity contribution is -0.140. The van der Waals surface area contributed by atoms with Gasteiger partial charge in [-0.05, 0) is 43.2 Å². The van der Waals surface area contributed by atoms with Crippen LogP contribution in [0.25, 0.3) is 0 Å². The smallest absolute Gasteiger partial charge is 0.326 e. The Balaban J connectivity index is 1.65. The molecular formula is C21H24N4O6S. The summed E-state index contributed by atoms with van der Waals surface area (Å²) >= 11 is 1.19. The molecule has 0 aliphatic carbocycles. The summed E-state index contributed by atoms with van der Waals surface area (Å²) in [5.41, 5.74) is 2.26. The van der Waals surface area contributed by atoms with E-state index < -0.39 is 23.9 Å². The zero-order valence-corrected chi connectivity index (χ0v) is 18.4. The van der Waals surface area contributed by atoms with Crippen molar-refractivity contribution >= 4 is 45.8 Å². The van der Waals surface area contributed by atoms with Gasteiger partial charge in [-0.1, -0.05) is 6.07 Å². The second kappa shape index (κ2) is 9.69. The molecule has 2 atom stereocenters. The third-order valence-corrected chi connectivity index (χ3v) is 6.11. The predicted octanol–water partition coefficient (Wildman–Crippen LogP) is 1.93. The van der Waals surface area contributed by atoms with Gasteiger partial charge in [0.2, 0.25) is 0 Å². The van der Waals surface area contributed by atoms with Gasteiger partial charge in [-0.15, -0.1) is 11.3 Å². The molecule has 32 heavy (non-hydrogen) atoms. The molecule has 1 aromatic carbocycles. The molecule has 3 rings (SSSR count). The van der Waals surface area contributed by atoms with Crippen molar-refractivity contribution in [2.45, 2.75) is 38.5 Å². The van der Waals surface area contributed by atoms with E-state index in [-0.39, 0.29) is 24.9 Å². The first-order chi connectivity index (χ1) is 15.1. The summed E-state index contributed by atoms with van der Waals surface area (Å²) in [5, 5.41) is 27.1. The van der Waals surface area contributed by atoms with E-state index in [1.54, 1.807) is 12.1 Å². The first-order valence-corrected chi connectivity index (χ1v) is 10.7. The van der Waals surface area contributed by atoms with E-state index in [1.807, 2.05) is 37.1 Å². The average molecular weight is 461 g/mol. The van der Waals surface area contributed by atoms with E-state index in [2.05, 4.69) is 16.0 Å². The van der Waals surface area contributed by atoms with Crippen LogP contribution in [0.1, 0.15) is 45.4 Å². The van der Waals surface area contributed by atoms with Gasteiger partial charge in [-0.3, -0.25) is 14.4 Å². The fourth-order valence-electron chi connectivity index (χ4n) is 3.31. The van der Waals surface area contributed by atoms with Crippen molar-refractivity contribution in [3.05, 3.63) is 46.3 Å². The Hall–Kier alpha value is -3.60. The van der Waals surface area contributed by atoms with E-state index in [9.17, 15) is 24.3 Å². The molecule has 1 aromatic heterocycles. The number of carboxylic acid groups (broad SMARTS) is 2. The maximum absolute atomic E-state index is 12.4. The van der Waals surface area contributed by atoms with E-state index in [1.165, 1.54) is 11.3 Å². The van der Waals surface area contributed by atoms with Crippen molar-refractivity contribution in [3.8, 4) is 0 Å². The molecule has 1 unspecified atom stereocenters. The van der Waals surface area contributed by atoms with Crippen LogP contribution in [-0.2, 0) is 16.1 Å². The fraction of sp³-hybridized carbons (Fsp3) is 0.333. The minimum absolute atomic E-state index is 0.135. The van der Waals surface area contributed by atoms with Gasteiger partial charge >= 0.3 is 11.9 Å². The molecule has 2 aromatic rings. The first kappa shape index (κ1) is 23.1. The van der Waals surface area contributed by atoms with Crippen LogP contribution >= 0.6 is 11.3 Å². The quantitative estimate of drug-likeness (QED) is 0.381. The molecule has 2 heterocycles. The SMILES string of the molecule is CC1NC(=O)c2cc(CN(C)c3ccc(C(=O)N[C@@H](CCC(=O)O)C(=O)O)s3)ccc2N1. The van der Waals surface area contributed by atoms with Gasteiger partial charge in [0.15, 0.2) is 0 Å². The fourth-order valence-corrected chi connectivity index (χ4v) is 4.18. The molecule has 0 bridgehead atoms. The molecule has 5 N–H and O–H groups in total. The highest BCUT2D eigenvalue weighted by atomic mass is 32.1. The number of carbonyl (C=O) groups excluding carboxylic acids is 2. The maximum Gasteiger partial charge on any atom is 0.326 e. The molecule has 0 saturated carbocycles. The monoisotopic (exact) mass is 460 g/mol.